The lowest BCUT2D eigenvalue weighted by molar-refractivity contribution is -0.173. The largest absolute Gasteiger partial charge is 0.480 e. The third-order valence-corrected chi connectivity index (χ3v) is 13.0. The van der Waals surface area contributed by atoms with Crippen LogP contribution in [0, 0.1) is 34.1 Å². The summed E-state index contributed by atoms with van der Waals surface area (Å²) in [7, 11) is 0. The molecule has 2 fully saturated rings. The molecule has 63 heavy (non-hydrogen) atoms. The first kappa shape index (κ1) is 53.3. The van der Waals surface area contributed by atoms with Gasteiger partial charge in [-0.3, -0.25) is 19.2 Å². The fourth-order valence-electron chi connectivity index (χ4n) is 8.84. The third kappa shape index (κ3) is 16.2. The highest BCUT2D eigenvalue weighted by atomic mass is 19.2. The molecule has 2 aliphatic carbocycles. The molecule has 6 N–H and O–H groups in total. The average Bonchev–Trinajstić information content (AvgIpc) is 3.67. The van der Waals surface area contributed by atoms with Crippen LogP contribution in [0.15, 0.2) is 24.3 Å². The van der Waals surface area contributed by atoms with Gasteiger partial charge in [0.2, 0.25) is 0 Å². The fraction of sp³-hybridized carbons (Fsp3) is 0.673. The number of nitrogens with one attached hydrogen (secondary N) is 2. The van der Waals surface area contributed by atoms with Crippen LogP contribution in [0.4, 0.5) is 17.6 Å². The molecule has 2 aromatic rings. The Balaban J connectivity index is 0.000000335. The second-order valence-corrected chi connectivity index (χ2v) is 17.8. The van der Waals surface area contributed by atoms with Crippen molar-refractivity contribution in [3.63, 3.8) is 0 Å². The van der Waals surface area contributed by atoms with Gasteiger partial charge in [0.25, 0.3) is 0 Å². The average molecular weight is 893 g/mol. The lowest BCUT2D eigenvalue weighted by atomic mass is 9.65. The second kappa shape index (κ2) is 27.3. The first-order valence-electron chi connectivity index (χ1n) is 23.4. The Kier molecular flexibility index (Phi) is 23.1. The maximum absolute atomic E-state index is 14.5. The van der Waals surface area contributed by atoms with Gasteiger partial charge >= 0.3 is 23.9 Å². The Morgan fingerprint density at radius 3 is 1.40 bits per heavy atom. The molecule has 0 heterocycles. The number of rotatable bonds is 30. The lowest BCUT2D eigenvalue weighted by Gasteiger charge is -2.41. The molecule has 1 unspecified atom stereocenters. The quantitative estimate of drug-likeness (QED) is 0.0252. The number of unbranched alkanes of at least 4 members (excludes halogenated alkanes) is 14. The van der Waals surface area contributed by atoms with Crippen molar-refractivity contribution < 1.29 is 57.2 Å². The molecule has 0 radical (unpaired) electrons. The molecule has 354 valence electrons. The highest BCUT2D eigenvalue weighted by Gasteiger charge is 2.56. The number of carbonyl (C=O) groups is 4. The number of hydrogen-bond acceptors (Lipinski definition) is 6. The summed E-state index contributed by atoms with van der Waals surface area (Å²) in [4.78, 5) is 45.1. The van der Waals surface area contributed by atoms with Crippen LogP contribution in [0.2, 0.25) is 0 Å². The van der Waals surface area contributed by atoms with Crippen LogP contribution in [0.3, 0.4) is 0 Å². The molecule has 0 aliphatic heterocycles. The maximum Gasteiger partial charge on any atom is 0.321 e. The maximum atomic E-state index is 14.5. The van der Waals surface area contributed by atoms with Crippen LogP contribution >= 0.6 is 0 Å². The summed E-state index contributed by atoms with van der Waals surface area (Å²) in [5.74, 6) is -8.05. The summed E-state index contributed by atoms with van der Waals surface area (Å²) < 4.78 is 57.7. The highest BCUT2D eigenvalue weighted by molar-refractivity contribution is 5.99. The summed E-state index contributed by atoms with van der Waals surface area (Å²) in [6.45, 7) is 4.97. The molecule has 4 rings (SSSR count). The fourth-order valence-corrected chi connectivity index (χ4v) is 8.84. The number of carboxylic acid groups (broad SMARTS) is 4. The van der Waals surface area contributed by atoms with E-state index >= 15 is 0 Å². The van der Waals surface area contributed by atoms with Gasteiger partial charge in [0.1, 0.15) is 11.6 Å². The van der Waals surface area contributed by atoms with Gasteiger partial charge in [0.05, 0.1) is 0 Å². The number of hydrogen-bond donors (Lipinski definition) is 6. The van der Waals surface area contributed by atoms with E-state index in [1.165, 1.54) is 76.3 Å². The van der Waals surface area contributed by atoms with Crippen LogP contribution in [-0.2, 0) is 44.9 Å². The van der Waals surface area contributed by atoms with Gasteiger partial charge in [0, 0.05) is 17.6 Å². The molecule has 14 heteroatoms. The van der Waals surface area contributed by atoms with Crippen molar-refractivity contribution in [2.24, 2.45) is 10.8 Å². The lowest BCUT2D eigenvalue weighted by Crippen LogP contribution is -2.57. The Hall–Kier alpha value is -4.04. The van der Waals surface area contributed by atoms with Gasteiger partial charge in [-0.25, -0.2) is 17.6 Å². The molecule has 2 saturated carbocycles. The molecule has 0 spiro atoms. The molecular formula is C49H72F4N2O8. The minimum Gasteiger partial charge on any atom is -0.480 e. The minimum atomic E-state index is -1.77. The molecule has 0 amide bonds. The van der Waals surface area contributed by atoms with Gasteiger partial charge in [-0.2, -0.15) is 0 Å². The van der Waals surface area contributed by atoms with Gasteiger partial charge in [0.15, 0.2) is 22.5 Å². The number of halogens is 4. The smallest absolute Gasteiger partial charge is 0.321 e. The molecule has 1 atom stereocenters. The third-order valence-electron chi connectivity index (χ3n) is 13.0. The van der Waals surface area contributed by atoms with Crippen LogP contribution in [-0.4, -0.2) is 69.5 Å². The first-order chi connectivity index (χ1) is 30.1. The molecule has 2 aliphatic rings. The van der Waals surface area contributed by atoms with Crippen LogP contribution < -0.4 is 10.6 Å². The van der Waals surface area contributed by atoms with E-state index in [-0.39, 0.29) is 68.3 Å². The Morgan fingerprint density at radius 1 is 0.540 bits per heavy atom. The number of carboxylic acids is 4. The first-order valence-corrected chi connectivity index (χ1v) is 23.4. The number of aliphatic carboxylic acids is 4. The van der Waals surface area contributed by atoms with Crippen LogP contribution in [0.25, 0.3) is 0 Å². The van der Waals surface area contributed by atoms with Crippen LogP contribution in [0.5, 0.6) is 0 Å². The SMILES string of the molecule is CCCCCCCCCCc1cc(F)c(CCNC2CCC(C(=O)O)(C(=O)O)C2)c(F)c1.CCCCCCCCCCc1ccc(CCNC2CC(C(=O)O)(C(=O)O)C2)c(F)c1F. The van der Waals surface area contributed by atoms with E-state index in [1.807, 2.05) is 0 Å². The van der Waals surface area contributed by atoms with Crippen molar-refractivity contribution in [1.29, 1.82) is 0 Å². The molecule has 2 aromatic carbocycles. The van der Waals surface area contributed by atoms with E-state index in [0.717, 1.165) is 38.5 Å². The summed E-state index contributed by atoms with van der Waals surface area (Å²) in [5, 5.41) is 42.9. The van der Waals surface area contributed by atoms with E-state index in [2.05, 4.69) is 24.5 Å². The van der Waals surface area contributed by atoms with Gasteiger partial charge in [-0.1, -0.05) is 116 Å². The van der Waals surface area contributed by atoms with Crippen molar-refractivity contribution >= 4 is 23.9 Å². The van der Waals surface area contributed by atoms with Crippen LogP contribution in [0.1, 0.15) is 171 Å². The Labute approximate surface area is 371 Å². The van der Waals surface area contributed by atoms with E-state index in [1.54, 1.807) is 12.1 Å². The highest BCUT2D eigenvalue weighted by Crippen LogP contribution is 2.42. The molecule has 0 aromatic heterocycles. The molecular weight excluding hydrogens is 821 g/mol. The van der Waals surface area contributed by atoms with Gasteiger partial charge in [-0.05, 0) is 113 Å². The van der Waals surface area contributed by atoms with Crippen molar-refractivity contribution in [2.75, 3.05) is 13.1 Å². The number of benzene rings is 2. The summed E-state index contributed by atoms with van der Waals surface area (Å²) in [6.07, 6.45) is 20.6. The number of aryl methyl sites for hydroxylation is 2. The van der Waals surface area contributed by atoms with E-state index in [9.17, 15) is 47.0 Å². The van der Waals surface area contributed by atoms with Gasteiger partial charge in [-0.15, -0.1) is 0 Å². The minimum absolute atomic E-state index is 0.00789. The van der Waals surface area contributed by atoms with Crippen molar-refractivity contribution in [2.45, 2.75) is 186 Å². The summed E-state index contributed by atoms with van der Waals surface area (Å²) in [5.41, 5.74) is -2.14. The predicted molar refractivity (Wildman–Crippen MR) is 235 cm³/mol. The van der Waals surface area contributed by atoms with Crippen molar-refractivity contribution in [3.8, 4) is 0 Å². The van der Waals surface area contributed by atoms with E-state index in [4.69, 9.17) is 10.2 Å². The monoisotopic (exact) mass is 893 g/mol. The Morgan fingerprint density at radius 2 is 0.937 bits per heavy atom. The standard InChI is InChI=1S/C25H37F2NO4.C24H35F2NO4/c1-2-3-4-5-6-7-8-9-10-18-15-21(26)20(22(27)16-18)12-14-28-19-11-13-25(17-19,23(29)30)24(31)32;1-2-3-4-5-6-7-8-9-10-17-11-12-18(21(26)20(17)25)13-14-27-19-15-24(16-19,22(28)29)23(30)31/h15-16,19,28H,2-14,17H2,1H3,(H,29,30)(H,31,32);11-12,19,27H,2-10,13-16H2,1H3,(H,28,29)(H,30,31). The molecule has 10 nitrogen and oxygen atoms in total. The molecule has 0 bridgehead atoms. The van der Waals surface area contributed by atoms with Gasteiger partial charge < -0.3 is 31.1 Å². The zero-order valence-corrected chi connectivity index (χ0v) is 37.5. The van der Waals surface area contributed by atoms with Crippen molar-refractivity contribution in [1.82, 2.24) is 10.6 Å². The Bertz CT molecular complexity index is 1720. The topological polar surface area (TPSA) is 173 Å². The van der Waals surface area contributed by atoms with E-state index in [0.29, 0.717) is 36.9 Å². The second-order valence-electron chi connectivity index (χ2n) is 17.8. The zero-order chi connectivity index (χ0) is 46.4. The predicted octanol–water partition coefficient (Wildman–Crippen LogP) is 10.6. The zero-order valence-electron chi connectivity index (χ0n) is 37.5. The van der Waals surface area contributed by atoms with Crippen molar-refractivity contribution in [3.05, 3.63) is 69.8 Å². The molecule has 0 saturated heterocycles. The summed E-state index contributed by atoms with van der Waals surface area (Å²) in [6, 6.07) is 5.54. The van der Waals surface area contributed by atoms with E-state index < -0.39 is 58.0 Å². The normalized spacial score (nSPS) is 16.6. The summed E-state index contributed by atoms with van der Waals surface area (Å²) >= 11 is 0.